The molecule has 176 valence electrons. The molecule has 1 aromatic heterocycles. The first-order chi connectivity index (χ1) is 16.1. The van der Waals surface area contributed by atoms with E-state index in [4.69, 9.17) is 34.8 Å². The molecular weight excluding hydrogens is 517 g/mol. The zero-order valence-corrected chi connectivity index (χ0v) is 19.1. The molecule has 3 aromatic rings. The van der Waals surface area contributed by atoms with Gasteiger partial charge in [0, 0.05) is 11.8 Å². The van der Waals surface area contributed by atoms with Crippen LogP contribution in [0.5, 0.6) is 0 Å². The van der Waals surface area contributed by atoms with Crippen LogP contribution in [0.25, 0.3) is 0 Å². The van der Waals surface area contributed by atoms with E-state index >= 15 is 0 Å². The van der Waals surface area contributed by atoms with Crippen molar-refractivity contribution in [2.24, 2.45) is 5.92 Å². The first-order valence-corrected chi connectivity index (χ1v) is 10.7. The summed E-state index contributed by atoms with van der Waals surface area (Å²) in [4.78, 5) is 37.0. The number of nitrogens with zero attached hydrogens (tertiary/aromatic N) is 1. The first kappa shape index (κ1) is 23.9. The predicted octanol–water partition coefficient (Wildman–Crippen LogP) is 5.24. The van der Waals surface area contributed by atoms with E-state index in [0.717, 1.165) is 12.1 Å². The molecule has 0 spiro atoms. The molecule has 1 fully saturated rings. The van der Waals surface area contributed by atoms with Crippen LogP contribution < -0.4 is 16.0 Å². The minimum absolute atomic E-state index is 0.00678. The Morgan fingerprint density at radius 2 is 1.76 bits per heavy atom. The topological polar surface area (TPSA) is 113 Å². The molecule has 1 saturated carbocycles. The fourth-order valence-corrected chi connectivity index (χ4v) is 3.68. The Bertz CT molecular complexity index is 1300. The number of anilines is 3. The lowest BCUT2D eigenvalue weighted by atomic mass is 10.1. The molecule has 0 saturated heterocycles. The standard InChI is InChI=1S/C21H13Cl3F2N4O4/c22-12-2-1-9(28-19(32)11-8-21(11,23)24)7-10(12)18(31)29-14-4-3-13(25)17(16(14)26)30-20(33)15-5-6-27-34-15/h1-7,11H,8H2,(H,28,32)(H,29,31)(H,30,33). The molecule has 0 radical (unpaired) electrons. The van der Waals surface area contributed by atoms with E-state index in [1.807, 2.05) is 5.32 Å². The third-order valence-electron chi connectivity index (χ3n) is 4.86. The number of alkyl halides is 2. The quantitative estimate of drug-likeness (QED) is 0.378. The second-order valence-electron chi connectivity index (χ2n) is 7.27. The van der Waals surface area contributed by atoms with Crippen LogP contribution in [0.4, 0.5) is 25.8 Å². The number of benzene rings is 2. The highest BCUT2D eigenvalue weighted by molar-refractivity contribution is 6.52. The van der Waals surface area contributed by atoms with Crippen LogP contribution >= 0.6 is 34.8 Å². The van der Waals surface area contributed by atoms with Gasteiger partial charge in [0.1, 0.15) is 15.8 Å². The minimum atomic E-state index is -1.24. The van der Waals surface area contributed by atoms with Crippen LogP contribution in [0, 0.1) is 17.6 Å². The fourth-order valence-electron chi connectivity index (χ4n) is 2.97. The highest BCUT2D eigenvalue weighted by Gasteiger charge is 2.56. The van der Waals surface area contributed by atoms with Crippen molar-refractivity contribution in [1.82, 2.24) is 5.16 Å². The van der Waals surface area contributed by atoms with E-state index in [0.29, 0.717) is 6.42 Å². The molecule has 2 aromatic carbocycles. The van der Waals surface area contributed by atoms with Crippen molar-refractivity contribution in [1.29, 1.82) is 0 Å². The Morgan fingerprint density at radius 3 is 2.41 bits per heavy atom. The summed E-state index contributed by atoms with van der Waals surface area (Å²) in [6.45, 7) is 0. The Kier molecular flexibility index (Phi) is 6.48. The maximum absolute atomic E-state index is 14.9. The zero-order valence-electron chi connectivity index (χ0n) is 16.8. The summed E-state index contributed by atoms with van der Waals surface area (Å²) in [6, 6.07) is 7.12. The van der Waals surface area contributed by atoms with Crippen LogP contribution in [0.3, 0.4) is 0 Å². The second kappa shape index (κ2) is 9.21. The predicted molar refractivity (Wildman–Crippen MR) is 121 cm³/mol. The van der Waals surface area contributed by atoms with Crippen molar-refractivity contribution in [2.75, 3.05) is 16.0 Å². The van der Waals surface area contributed by atoms with Crippen LogP contribution in [0.15, 0.2) is 47.1 Å². The molecule has 1 atom stereocenters. The van der Waals surface area contributed by atoms with Crippen molar-refractivity contribution in [3.05, 3.63) is 70.6 Å². The van der Waals surface area contributed by atoms with Gasteiger partial charge in [-0.3, -0.25) is 14.4 Å². The highest BCUT2D eigenvalue weighted by Crippen LogP contribution is 2.53. The molecule has 4 rings (SSSR count). The van der Waals surface area contributed by atoms with Gasteiger partial charge in [-0.25, -0.2) is 8.78 Å². The number of carbonyl (C=O) groups is 3. The van der Waals surface area contributed by atoms with Gasteiger partial charge in [-0.05, 0) is 36.8 Å². The van der Waals surface area contributed by atoms with Crippen LogP contribution in [0.2, 0.25) is 5.02 Å². The number of aromatic nitrogens is 1. The molecule has 1 aliphatic carbocycles. The number of hydrogen-bond acceptors (Lipinski definition) is 5. The Labute approximate surface area is 205 Å². The normalized spacial score (nSPS) is 16.0. The average molecular weight is 530 g/mol. The third-order valence-corrected chi connectivity index (χ3v) is 6.03. The smallest absolute Gasteiger partial charge is 0.294 e. The van der Waals surface area contributed by atoms with Crippen molar-refractivity contribution >= 4 is 69.6 Å². The summed E-state index contributed by atoms with van der Waals surface area (Å²) in [5.74, 6) is -5.42. The van der Waals surface area contributed by atoms with Gasteiger partial charge in [-0.1, -0.05) is 16.8 Å². The van der Waals surface area contributed by atoms with E-state index in [1.165, 1.54) is 30.5 Å². The first-order valence-electron chi connectivity index (χ1n) is 9.56. The molecule has 1 aliphatic rings. The molecular formula is C21H13Cl3F2N4O4. The van der Waals surface area contributed by atoms with Crippen LogP contribution in [-0.2, 0) is 4.79 Å². The van der Waals surface area contributed by atoms with Crippen molar-refractivity contribution < 1.29 is 27.7 Å². The van der Waals surface area contributed by atoms with Crippen LogP contribution in [0.1, 0.15) is 27.3 Å². The molecule has 0 aliphatic heterocycles. The zero-order chi connectivity index (χ0) is 24.6. The van der Waals surface area contributed by atoms with Crippen LogP contribution in [-0.4, -0.2) is 27.2 Å². The monoisotopic (exact) mass is 528 g/mol. The summed E-state index contributed by atoms with van der Waals surface area (Å²) < 4.78 is 32.6. The Hall–Kier alpha value is -3.21. The number of halogens is 5. The van der Waals surface area contributed by atoms with Gasteiger partial charge in [-0.2, -0.15) is 0 Å². The molecule has 0 bridgehead atoms. The third kappa shape index (κ3) is 4.98. The van der Waals surface area contributed by atoms with Gasteiger partial charge in [-0.15, -0.1) is 23.2 Å². The molecule has 34 heavy (non-hydrogen) atoms. The van der Waals surface area contributed by atoms with Gasteiger partial charge < -0.3 is 20.5 Å². The van der Waals surface area contributed by atoms with Gasteiger partial charge in [0.15, 0.2) is 5.82 Å². The van der Waals surface area contributed by atoms with E-state index in [2.05, 4.69) is 20.3 Å². The summed E-state index contributed by atoms with van der Waals surface area (Å²) in [6.07, 6.45) is 1.48. The molecule has 3 N–H and O–H groups in total. The molecule has 3 amide bonds. The average Bonchev–Trinajstić information content (AvgIpc) is 3.16. The van der Waals surface area contributed by atoms with Gasteiger partial charge in [0.25, 0.3) is 11.8 Å². The minimum Gasteiger partial charge on any atom is -0.351 e. The molecule has 13 heteroatoms. The van der Waals surface area contributed by atoms with Gasteiger partial charge >= 0.3 is 0 Å². The summed E-state index contributed by atoms with van der Waals surface area (Å²) in [5.41, 5.74) is -1.11. The lowest BCUT2D eigenvalue weighted by Crippen LogP contribution is -2.19. The summed E-state index contributed by atoms with van der Waals surface area (Å²) in [5, 5.41) is 10.2. The number of amides is 3. The van der Waals surface area contributed by atoms with Crippen molar-refractivity contribution in [3.63, 3.8) is 0 Å². The SMILES string of the molecule is O=C(Nc1c(F)ccc(NC(=O)c2cc(NC(=O)C3CC3(Cl)Cl)ccc2Cl)c1F)c1ccno1. The summed E-state index contributed by atoms with van der Waals surface area (Å²) in [7, 11) is 0. The number of rotatable bonds is 6. The number of carbonyl (C=O) groups excluding carboxylic acids is 3. The lowest BCUT2D eigenvalue weighted by Gasteiger charge is -2.13. The number of hydrogen-bond donors (Lipinski definition) is 3. The fraction of sp³-hybridized carbons (Fsp3) is 0.143. The maximum Gasteiger partial charge on any atom is 0.294 e. The number of nitrogens with one attached hydrogen (secondary N) is 3. The van der Waals surface area contributed by atoms with E-state index < -0.39 is 51.0 Å². The molecule has 1 heterocycles. The van der Waals surface area contributed by atoms with E-state index in [1.54, 1.807) is 0 Å². The Balaban J connectivity index is 1.52. The highest BCUT2D eigenvalue weighted by atomic mass is 35.5. The largest absolute Gasteiger partial charge is 0.351 e. The second-order valence-corrected chi connectivity index (χ2v) is 9.22. The lowest BCUT2D eigenvalue weighted by molar-refractivity contribution is -0.117. The summed E-state index contributed by atoms with van der Waals surface area (Å²) >= 11 is 17.9. The maximum atomic E-state index is 14.9. The van der Waals surface area contributed by atoms with Gasteiger partial charge in [0.2, 0.25) is 11.7 Å². The van der Waals surface area contributed by atoms with E-state index in [9.17, 15) is 23.2 Å². The van der Waals surface area contributed by atoms with Crippen molar-refractivity contribution in [3.8, 4) is 0 Å². The molecule has 8 nitrogen and oxygen atoms in total. The van der Waals surface area contributed by atoms with Crippen molar-refractivity contribution in [2.45, 2.75) is 10.8 Å². The van der Waals surface area contributed by atoms with Gasteiger partial charge in [0.05, 0.1) is 28.4 Å². The van der Waals surface area contributed by atoms with E-state index in [-0.39, 0.29) is 22.0 Å². The Morgan fingerprint density at radius 1 is 1.03 bits per heavy atom. The molecule has 1 unspecified atom stereocenters.